The molecule has 33 heavy (non-hydrogen) atoms. The average Bonchev–Trinajstić information content (AvgIpc) is 3.04. The lowest BCUT2D eigenvalue weighted by Crippen LogP contribution is -2.56. The number of ketones is 1. The van der Waals surface area contributed by atoms with Crippen molar-refractivity contribution in [3.05, 3.63) is 68.7 Å². The van der Waals surface area contributed by atoms with E-state index in [0.717, 1.165) is 22.9 Å². The zero-order chi connectivity index (χ0) is 23.9. The standard InChI is InChI=1S/C24H21Cl3N2O4/c1-13(21(30)14-6-8-15(25)9-7-14)28(24(33)19-11-10-16(26)12-20(19)27)29-22(31)17-4-2-3-5-18(17)23(29)32/h6-13,17-18H,2-5H2,1H3/t13-,17-,18+/m0/s1. The predicted molar refractivity (Wildman–Crippen MR) is 125 cm³/mol. The number of hydrogen-bond donors (Lipinski definition) is 0. The number of halogens is 3. The van der Waals surface area contributed by atoms with E-state index in [0.29, 0.717) is 28.5 Å². The third kappa shape index (κ3) is 4.39. The van der Waals surface area contributed by atoms with Crippen LogP contribution in [0.15, 0.2) is 42.5 Å². The Morgan fingerprint density at radius 1 is 0.909 bits per heavy atom. The van der Waals surface area contributed by atoms with Crippen LogP contribution in [-0.4, -0.2) is 39.6 Å². The summed E-state index contributed by atoms with van der Waals surface area (Å²) in [5.41, 5.74) is 0.329. The molecule has 3 atom stereocenters. The first-order chi connectivity index (χ1) is 15.7. The molecular formula is C24H21Cl3N2O4. The summed E-state index contributed by atoms with van der Waals surface area (Å²) in [7, 11) is 0. The fourth-order valence-corrected chi connectivity index (χ4v) is 5.17. The van der Waals surface area contributed by atoms with Crippen molar-refractivity contribution in [1.29, 1.82) is 0 Å². The quantitative estimate of drug-likeness (QED) is 0.398. The smallest absolute Gasteiger partial charge is 0.275 e. The van der Waals surface area contributed by atoms with Gasteiger partial charge < -0.3 is 0 Å². The van der Waals surface area contributed by atoms with Crippen LogP contribution < -0.4 is 0 Å². The molecule has 1 heterocycles. The summed E-state index contributed by atoms with van der Waals surface area (Å²) in [6.07, 6.45) is 2.83. The van der Waals surface area contributed by atoms with Crippen LogP contribution in [0.3, 0.4) is 0 Å². The lowest BCUT2D eigenvalue weighted by Gasteiger charge is -2.35. The maximum Gasteiger partial charge on any atom is 0.275 e. The molecule has 0 N–H and O–H groups in total. The third-order valence-corrected chi connectivity index (χ3v) is 7.08. The number of hydrogen-bond acceptors (Lipinski definition) is 4. The minimum atomic E-state index is -1.15. The van der Waals surface area contributed by atoms with Gasteiger partial charge in [-0.15, -0.1) is 0 Å². The Kier molecular flexibility index (Phi) is 6.80. The Morgan fingerprint density at radius 2 is 1.45 bits per heavy atom. The number of benzene rings is 2. The van der Waals surface area contributed by atoms with Crippen LogP contribution >= 0.6 is 34.8 Å². The van der Waals surface area contributed by atoms with Crippen LogP contribution in [0.1, 0.15) is 53.3 Å². The summed E-state index contributed by atoms with van der Waals surface area (Å²) >= 11 is 18.2. The van der Waals surface area contributed by atoms with E-state index in [2.05, 4.69) is 0 Å². The van der Waals surface area contributed by atoms with E-state index < -0.39 is 41.4 Å². The van der Waals surface area contributed by atoms with Crippen molar-refractivity contribution in [3.8, 4) is 0 Å². The van der Waals surface area contributed by atoms with Crippen molar-refractivity contribution in [2.75, 3.05) is 0 Å². The van der Waals surface area contributed by atoms with Gasteiger partial charge in [-0.1, -0.05) is 47.6 Å². The highest BCUT2D eigenvalue weighted by atomic mass is 35.5. The average molecular weight is 508 g/mol. The van der Waals surface area contributed by atoms with Crippen molar-refractivity contribution in [2.24, 2.45) is 11.8 Å². The second-order valence-electron chi connectivity index (χ2n) is 8.31. The maximum atomic E-state index is 13.7. The van der Waals surface area contributed by atoms with E-state index in [9.17, 15) is 19.2 Å². The summed E-state index contributed by atoms with van der Waals surface area (Å²) in [6, 6.07) is 9.33. The number of carbonyl (C=O) groups excluding carboxylic acids is 4. The molecule has 172 valence electrons. The first-order valence-corrected chi connectivity index (χ1v) is 11.8. The minimum Gasteiger partial charge on any atom is -0.292 e. The minimum absolute atomic E-state index is 0.0345. The number of imide groups is 1. The number of amides is 3. The molecule has 0 bridgehead atoms. The largest absolute Gasteiger partial charge is 0.292 e. The monoisotopic (exact) mass is 506 g/mol. The zero-order valence-corrected chi connectivity index (χ0v) is 20.0. The summed E-state index contributed by atoms with van der Waals surface area (Å²) in [5.74, 6) is -3.06. The number of Topliss-reactive ketones (excluding diaryl/α,β-unsaturated/α-hetero) is 1. The van der Waals surface area contributed by atoms with Crippen LogP contribution in [-0.2, 0) is 9.59 Å². The highest BCUT2D eigenvalue weighted by Crippen LogP contribution is 2.40. The molecule has 2 fully saturated rings. The molecule has 9 heteroatoms. The van der Waals surface area contributed by atoms with Gasteiger partial charge in [0.2, 0.25) is 0 Å². The molecule has 3 amide bonds. The van der Waals surface area contributed by atoms with E-state index in [4.69, 9.17) is 34.8 Å². The molecule has 4 rings (SSSR count). The predicted octanol–water partition coefficient (Wildman–Crippen LogP) is 5.45. The van der Waals surface area contributed by atoms with Gasteiger partial charge in [0, 0.05) is 15.6 Å². The molecule has 0 aromatic heterocycles. The normalized spacial score (nSPS) is 21.0. The van der Waals surface area contributed by atoms with Crippen LogP contribution in [0.25, 0.3) is 0 Å². The van der Waals surface area contributed by atoms with Gasteiger partial charge in [-0.05, 0) is 62.2 Å². The van der Waals surface area contributed by atoms with Crippen molar-refractivity contribution in [1.82, 2.24) is 10.0 Å². The number of rotatable bonds is 5. The van der Waals surface area contributed by atoms with E-state index in [1.807, 2.05) is 0 Å². The van der Waals surface area contributed by atoms with Crippen LogP contribution in [0.4, 0.5) is 0 Å². The lowest BCUT2D eigenvalue weighted by molar-refractivity contribution is -0.156. The fraction of sp³-hybridized carbons (Fsp3) is 0.333. The van der Waals surface area contributed by atoms with Gasteiger partial charge in [-0.25, -0.2) is 5.01 Å². The number of hydrazine groups is 1. The Bertz CT molecular complexity index is 1110. The van der Waals surface area contributed by atoms with Crippen LogP contribution in [0.2, 0.25) is 15.1 Å². The van der Waals surface area contributed by atoms with Crippen molar-refractivity contribution < 1.29 is 19.2 Å². The second kappa shape index (κ2) is 9.45. The van der Waals surface area contributed by atoms with Gasteiger partial charge in [-0.3, -0.25) is 19.2 Å². The summed E-state index contributed by atoms with van der Waals surface area (Å²) in [6.45, 7) is 1.49. The van der Waals surface area contributed by atoms with Crippen molar-refractivity contribution in [2.45, 2.75) is 38.6 Å². The van der Waals surface area contributed by atoms with E-state index in [-0.39, 0.29) is 10.6 Å². The number of carbonyl (C=O) groups is 4. The second-order valence-corrected chi connectivity index (χ2v) is 9.59. The molecule has 0 unspecified atom stereocenters. The summed E-state index contributed by atoms with van der Waals surface area (Å²) in [4.78, 5) is 53.6. The highest BCUT2D eigenvalue weighted by Gasteiger charge is 2.53. The third-order valence-electron chi connectivity index (χ3n) is 6.28. The van der Waals surface area contributed by atoms with Gasteiger partial charge in [-0.2, -0.15) is 5.01 Å². The van der Waals surface area contributed by atoms with Gasteiger partial charge in [0.25, 0.3) is 17.7 Å². The Balaban J connectivity index is 1.77. The van der Waals surface area contributed by atoms with Gasteiger partial charge in [0.15, 0.2) is 5.78 Å². The molecule has 1 saturated heterocycles. The topological polar surface area (TPSA) is 74.8 Å². The maximum absolute atomic E-state index is 13.7. The molecular weight excluding hydrogens is 487 g/mol. The zero-order valence-electron chi connectivity index (χ0n) is 17.8. The molecule has 1 saturated carbocycles. The summed E-state index contributed by atoms with van der Waals surface area (Å²) < 4.78 is 0. The van der Waals surface area contributed by atoms with Gasteiger partial charge in [0.1, 0.15) is 6.04 Å². The lowest BCUT2D eigenvalue weighted by atomic mass is 9.81. The Morgan fingerprint density at radius 3 is 2.00 bits per heavy atom. The first kappa shape index (κ1) is 23.7. The molecule has 6 nitrogen and oxygen atoms in total. The Hall–Kier alpha value is -2.41. The van der Waals surface area contributed by atoms with Gasteiger partial charge >= 0.3 is 0 Å². The molecule has 2 aromatic rings. The highest BCUT2D eigenvalue weighted by molar-refractivity contribution is 6.37. The van der Waals surface area contributed by atoms with Crippen LogP contribution in [0, 0.1) is 11.8 Å². The number of fused-ring (bicyclic) bond motifs is 1. The molecule has 0 spiro atoms. The van der Waals surface area contributed by atoms with Crippen molar-refractivity contribution >= 4 is 58.3 Å². The molecule has 1 aliphatic heterocycles. The molecule has 2 aromatic carbocycles. The fourth-order valence-electron chi connectivity index (χ4n) is 4.55. The van der Waals surface area contributed by atoms with E-state index in [1.54, 1.807) is 12.1 Å². The molecule has 1 aliphatic carbocycles. The first-order valence-electron chi connectivity index (χ1n) is 10.7. The van der Waals surface area contributed by atoms with E-state index in [1.165, 1.54) is 37.3 Å². The van der Waals surface area contributed by atoms with Gasteiger partial charge in [0.05, 0.1) is 22.4 Å². The van der Waals surface area contributed by atoms with Crippen LogP contribution in [0.5, 0.6) is 0 Å². The van der Waals surface area contributed by atoms with E-state index >= 15 is 0 Å². The Labute approximate surface area is 206 Å². The van der Waals surface area contributed by atoms with Crippen molar-refractivity contribution in [3.63, 3.8) is 0 Å². The summed E-state index contributed by atoms with van der Waals surface area (Å²) in [5, 5.41) is 2.66. The molecule has 0 radical (unpaired) electrons. The number of nitrogens with zero attached hydrogens (tertiary/aromatic N) is 2. The molecule has 2 aliphatic rings. The SMILES string of the molecule is C[C@@H](C(=O)c1ccc(Cl)cc1)N(C(=O)c1ccc(Cl)cc1Cl)N1C(=O)[C@H]2CCCC[C@H]2C1=O.